The van der Waals surface area contributed by atoms with Crippen LogP contribution in [-0.4, -0.2) is 74.2 Å². The highest BCUT2D eigenvalue weighted by molar-refractivity contribution is 7.16. The molecule has 61 heavy (non-hydrogen) atoms. The molecular formula is C49H53FN6O3SSi. The van der Waals surface area contributed by atoms with E-state index in [-0.39, 0.29) is 23.0 Å². The van der Waals surface area contributed by atoms with Crippen LogP contribution in [0.1, 0.15) is 64.1 Å². The first kappa shape index (κ1) is 42.1. The molecule has 0 unspecified atom stereocenters. The van der Waals surface area contributed by atoms with E-state index < -0.39 is 13.9 Å². The van der Waals surface area contributed by atoms with Gasteiger partial charge in [0.05, 0.1) is 23.9 Å². The van der Waals surface area contributed by atoms with Gasteiger partial charge >= 0.3 is 6.09 Å². The van der Waals surface area contributed by atoms with E-state index in [9.17, 15) is 14.4 Å². The van der Waals surface area contributed by atoms with Crippen LogP contribution in [0.15, 0.2) is 103 Å². The number of halogens is 1. The molecule has 1 aliphatic carbocycles. The highest BCUT2D eigenvalue weighted by Crippen LogP contribution is 2.44. The summed E-state index contributed by atoms with van der Waals surface area (Å²) in [5.74, 6) is -0.340. The lowest BCUT2D eigenvalue weighted by Crippen LogP contribution is -2.68. The molecule has 0 N–H and O–H groups in total. The topological polar surface area (TPSA) is 94.8 Å². The summed E-state index contributed by atoms with van der Waals surface area (Å²) in [5, 5.41) is 14.0. The Bertz CT molecular complexity index is 2550. The normalized spacial score (nSPS) is 15.8. The van der Waals surface area contributed by atoms with Crippen molar-refractivity contribution < 1.29 is 18.3 Å². The van der Waals surface area contributed by atoms with Crippen LogP contribution in [0.5, 0.6) is 0 Å². The molecule has 0 radical (unpaired) electrons. The number of nitriles is 1. The lowest BCUT2D eigenvalue weighted by Gasteiger charge is -2.47. The number of benzene rings is 4. The number of piperazine rings is 1. The maximum atomic E-state index is 13.9. The molecule has 0 spiro atoms. The van der Waals surface area contributed by atoms with E-state index >= 15 is 0 Å². The molecule has 1 saturated heterocycles. The minimum Gasteiger partial charge on any atom is -0.444 e. The van der Waals surface area contributed by atoms with E-state index in [0.29, 0.717) is 47.5 Å². The third-order valence-electron chi connectivity index (χ3n) is 11.8. The zero-order chi connectivity index (χ0) is 43.1. The summed E-state index contributed by atoms with van der Waals surface area (Å²) in [6, 6.07) is 36.0. The number of carbonyl (C=O) groups is 1. The van der Waals surface area contributed by atoms with E-state index in [0.717, 1.165) is 47.2 Å². The molecule has 12 heteroatoms. The maximum Gasteiger partial charge on any atom is 0.410 e. The Morgan fingerprint density at radius 2 is 1.59 bits per heavy atom. The van der Waals surface area contributed by atoms with Gasteiger partial charge in [-0.3, -0.25) is 4.98 Å². The third kappa shape index (κ3) is 8.26. The number of pyridine rings is 1. The summed E-state index contributed by atoms with van der Waals surface area (Å²) in [6.45, 7) is 14.4. The van der Waals surface area contributed by atoms with Crippen LogP contribution in [-0.2, 0) is 22.0 Å². The second-order valence-electron chi connectivity index (χ2n) is 18.0. The van der Waals surface area contributed by atoms with E-state index in [1.165, 1.54) is 39.4 Å². The molecule has 2 aromatic heterocycles. The molecule has 0 bridgehead atoms. The lowest BCUT2D eigenvalue weighted by atomic mass is 10.0. The minimum atomic E-state index is -2.93. The van der Waals surface area contributed by atoms with Gasteiger partial charge in [-0.05, 0) is 103 Å². The van der Waals surface area contributed by atoms with Crippen molar-refractivity contribution in [1.82, 2.24) is 14.9 Å². The number of ether oxygens (including phenoxy) is 1. The molecule has 9 nitrogen and oxygen atoms in total. The monoisotopic (exact) mass is 852 g/mol. The van der Waals surface area contributed by atoms with Crippen LogP contribution < -0.4 is 20.2 Å². The van der Waals surface area contributed by atoms with E-state index in [1.807, 2.05) is 32.7 Å². The first-order chi connectivity index (χ1) is 29.2. The Morgan fingerprint density at radius 1 is 0.918 bits per heavy atom. The summed E-state index contributed by atoms with van der Waals surface area (Å²) in [6.07, 6.45) is 2.45. The predicted molar refractivity (Wildman–Crippen MR) is 247 cm³/mol. The molecule has 3 heterocycles. The zero-order valence-corrected chi connectivity index (χ0v) is 37.9. The number of anilines is 3. The van der Waals surface area contributed by atoms with Gasteiger partial charge in [0, 0.05) is 49.0 Å². The molecule has 2 aliphatic rings. The van der Waals surface area contributed by atoms with Crippen molar-refractivity contribution in [1.29, 1.82) is 5.26 Å². The van der Waals surface area contributed by atoms with Gasteiger partial charge in [-0.15, -0.1) is 0 Å². The minimum absolute atomic E-state index is 0.209. The Morgan fingerprint density at radius 3 is 2.21 bits per heavy atom. The van der Waals surface area contributed by atoms with Crippen LogP contribution >= 0.6 is 11.3 Å². The second kappa shape index (κ2) is 16.7. The smallest absolute Gasteiger partial charge is 0.410 e. The summed E-state index contributed by atoms with van der Waals surface area (Å²) in [5.41, 5.74) is 5.78. The van der Waals surface area contributed by atoms with Crippen LogP contribution in [0.3, 0.4) is 0 Å². The number of aromatic nitrogens is 2. The van der Waals surface area contributed by atoms with Crippen molar-refractivity contribution in [2.24, 2.45) is 0 Å². The Balaban J connectivity index is 1.21. The molecule has 1 amide bonds. The lowest BCUT2D eigenvalue weighted by molar-refractivity contribution is 0.0199. The molecule has 1 fully saturated rings. The molecule has 6 aromatic rings. The standard InChI is InChI=1S/C49H53FN6O3SSi/c1-48(2,3)59-47(57)55-27-28-56(36(31-55)32-58-61(49(4,5)6,37-15-10-8-11-16-37)38-17-12-9-13-18-38)35-25-26-42-40(29-35)45(39-19-14-20-41(39)52-42)54(7)46-53-44(43(30-51)60-46)33-21-23-34(50)24-22-33/h8-13,15-18,21-26,29,36H,14,19-20,27-28,31-32H2,1-7H3/t36-/m1/s1. The summed E-state index contributed by atoms with van der Waals surface area (Å²) >= 11 is 1.33. The van der Waals surface area contributed by atoms with Gasteiger partial charge in [0.2, 0.25) is 0 Å². The van der Waals surface area contributed by atoms with Crippen LogP contribution in [0, 0.1) is 17.1 Å². The largest absolute Gasteiger partial charge is 0.444 e. The highest BCUT2D eigenvalue weighted by atomic mass is 32.1. The van der Waals surface area contributed by atoms with Crippen LogP contribution in [0.2, 0.25) is 5.04 Å². The van der Waals surface area contributed by atoms with Gasteiger partial charge in [0.25, 0.3) is 8.32 Å². The summed E-state index contributed by atoms with van der Waals surface area (Å²) < 4.78 is 27.4. The number of carbonyl (C=O) groups excluding carboxylic acids is 1. The fraction of sp³-hybridized carbons (Fsp3) is 0.347. The van der Waals surface area contributed by atoms with Crippen molar-refractivity contribution in [3.05, 3.63) is 125 Å². The van der Waals surface area contributed by atoms with Crippen molar-refractivity contribution in [3.8, 4) is 17.3 Å². The number of amides is 1. The fourth-order valence-electron chi connectivity index (χ4n) is 9.03. The van der Waals surface area contributed by atoms with Crippen molar-refractivity contribution in [3.63, 3.8) is 0 Å². The summed E-state index contributed by atoms with van der Waals surface area (Å²) in [4.78, 5) is 30.6. The molecular weight excluding hydrogens is 800 g/mol. The zero-order valence-electron chi connectivity index (χ0n) is 36.0. The average molecular weight is 853 g/mol. The molecule has 1 aliphatic heterocycles. The van der Waals surface area contributed by atoms with Crippen LogP contribution in [0.4, 0.5) is 25.7 Å². The maximum absolute atomic E-state index is 13.9. The highest BCUT2D eigenvalue weighted by Gasteiger charge is 2.51. The van der Waals surface area contributed by atoms with E-state index in [4.69, 9.17) is 19.1 Å². The molecule has 314 valence electrons. The molecule has 1 atom stereocenters. The fourth-order valence-corrected chi connectivity index (χ4v) is 14.5. The van der Waals surface area contributed by atoms with Gasteiger partial charge in [0.1, 0.15) is 28.1 Å². The first-order valence-corrected chi connectivity index (χ1v) is 23.7. The third-order valence-corrected chi connectivity index (χ3v) is 17.8. The Hall–Kier alpha value is -5.61. The molecule has 0 saturated carbocycles. The van der Waals surface area contributed by atoms with Crippen molar-refractivity contribution in [2.75, 3.05) is 43.1 Å². The van der Waals surface area contributed by atoms with Crippen LogP contribution in [0.25, 0.3) is 22.2 Å². The number of hydrogen-bond acceptors (Lipinski definition) is 9. The van der Waals surface area contributed by atoms with Gasteiger partial charge in [0.15, 0.2) is 5.13 Å². The first-order valence-electron chi connectivity index (χ1n) is 21.0. The number of thiazole rings is 1. The summed E-state index contributed by atoms with van der Waals surface area (Å²) in [7, 11) is -0.918. The molecule has 8 rings (SSSR count). The second-order valence-corrected chi connectivity index (χ2v) is 23.3. The number of fused-ring (bicyclic) bond motifs is 2. The molecule has 4 aromatic carbocycles. The quantitative estimate of drug-likeness (QED) is 0.133. The number of rotatable bonds is 9. The van der Waals surface area contributed by atoms with Crippen molar-refractivity contribution in [2.45, 2.75) is 77.5 Å². The average Bonchev–Trinajstić information content (AvgIpc) is 3.90. The van der Waals surface area contributed by atoms with Gasteiger partial charge in [-0.25, -0.2) is 14.2 Å². The van der Waals surface area contributed by atoms with Crippen molar-refractivity contribution >= 4 is 63.5 Å². The number of hydrogen-bond donors (Lipinski definition) is 0. The Labute approximate surface area is 363 Å². The van der Waals surface area contributed by atoms with Gasteiger partial charge in [-0.2, -0.15) is 5.26 Å². The SMILES string of the molecule is CN(c1nc(-c2ccc(F)cc2)c(C#N)s1)c1c2c(nc3ccc(N4CCN(C(=O)OC(C)(C)C)C[C@@H]4CO[Si](c4ccccc4)(c4ccccc4)C(C)(C)C)cc13)CCC2. The van der Waals surface area contributed by atoms with E-state index in [1.54, 1.807) is 12.1 Å². The number of aryl methyl sites for hydroxylation is 1. The van der Waals surface area contributed by atoms with Gasteiger partial charge in [-0.1, -0.05) is 92.8 Å². The number of nitrogens with zero attached hydrogens (tertiary/aromatic N) is 6. The predicted octanol–water partition coefficient (Wildman–Crippen LogP) is 9.63. The van der Waals surface area contributed by atoms with E-state index in [2.05, 4.69) is 116 Å². The Kier molecular flexibility index (Phi) is 11.5. The van der Waals surface area contributed by atoms with Gasteiger partial charge < -0.3 is 23.9 Å².